The van der Waals surface area contributed by atoms with Gasteiger partial charge in [0.05, 0.1) is 30.7 Å². The number of hydrogen-bond acceptors (Lipinski definition) is 7. The number of carbonyl (C=O) groups is 3. The third-order valence-corrected chi connectivity index (χ3v) is 13.1. The molecule has 0 aliphatic carbocycles. The van der Waals surface area contributed by atoms with E-state index in [0.717, 1.165) is 5.57 Å². The summed E-state index contributed by atoms with van der Waals surface area (Å²) in [5.74, 6) is -0.822. The second-order valence-electron chi connectivity index (χ2n) is 12.4. The third kappa shape index (κ3) is 6.49. The quantitative estimate of drug-likeness (QED) is 0.148. The molecule has 0 spiro atoms. The van der Waals surface area contributed by atoms with E-state index in [1.165, 1.54) is 12.2 Å². The Kier molecular flexibility index (Phi) is 9.88. The van der Waals surface area contributed by atoms with Crippen LogP contribution in [0.1, 0.15) is 47.0 Å². The van der Waals surface area contributed by atoms with Crippen molar-refractivity contribution in [2.45, 2.75) is 83.3 Å². The maximum absolute atomic E-state index is 13.5. The summed E-state index contributed by atoms with van der Waals surface area (Å²) in [5, 5.41) is 0.0202. The van der Waals surface area contributed by atoms with Crippen LogP contribution in [0.25, 0.3) is 0 Å². The van der Waals surface area contributed by atoms with Crippen LogP contribution in [0.15, 0.2) is 36.6 Å². The molecule has 0 radical (unpaired) electrons. The molecule has 9 nitrogen and oxygen atoms in total. The number of nitrogens with zero attached hydrogens (tertiary/aromatic N) is 2. The van der Waals surface area contributed by atoms with Crippen molar-refractivity contribution in [1.29, 1.82) is 0 Å². The van der Waals surface area contributed by atoms with Gasteiger partial charge in [-0.15, -0.1) is 0 Å². The van der Waals surface area contributed by atoms with Crippen LogP contribution in [0.4, 0.5) is 4.79 Å². The number of hydrogen-bond donors (Lipinski definition) is 0. The number of esters is 1. The summed E-state index contributed by atoms with van der Waals surface area (Å²) in [6, 6.07) is -0.261. The molecule has 5 atom stereocenters. The van der Waals surface area contributed by atoms with E-state index in [9.17, 15) is 14.4 Å². The van der Waals surface area contributed by atoms with Gasteiger partial charge in [-0.25, -0.2) is 9.59 Å². The number of ether oxygens (including phenoxy) is 3. The molecule has 3 aliphatic heterocycles. The standard InChI is InChI=1S/C29H46N2O7Si/c1-10-12-36-27(33)25-21(14-20-15-22(18-35-7)30(17-20)28(34)37-13-11-2)16-23-24(26(32)31(23)25)19(3)38-39(8,9)29(4,5)6/h10-11,19-20,22-24H,1-2,12-18H2,3-9H3/t19-,20?,22+,23-,24-/m1/s1. The molecule has 2 saturated heterocycles. The molecule has 10 heteroatoms. The summed E-state index contributed by atoms with van der Waals surface area (Å²) < 4.78 is 22.7. The first-order chi connectivity index (χ1) is 18.3. The lowest BCUT2D eigenvalue weighted by molar-refractivity contribution is -0.161. The lowest BCUT2D eigenvalue weighted by atomic mass is 9.82. The molecule has 2 amide bonds. The summed E-state index contributed by atoms with van der Waals surface area (Å²) in [4.78, 5) is 42.6. The second kappa shape index (κ2) is 12.4. The number of methoxy groups -OCH3 is 1. The molecule has 0 aromatic heterocycles. The first kappa shape index (κ1) is 31.1. The van der Waals surface area contributed by atoms with Crippen molar-refractivity contribution in [1.82, 2.24) is 9.80 Å². The van der Waals surface area contributed by atoms with E-state index < -0.39 is 20.4 Å². The van der Waals surface area contributed by atoms with Gasteiger partial charge in [-0.1, -0.05) is 46.1 Å². The fourth-order valence-corrected chi connectivity index (χ4v) is 7.16. The summed E-state index contributed by atoms with van der Waals surface area (Å²) in [6.07, 6.45) is 4.27. The van der Waals surface area contributed by atoms with E-state index in [-0.39, 0.29) is 54.2 Å². The van der Waals surface area contributed by atoms with Crippen LogP contribution >= 0.6 is 0 Å². The highest BCUT2D eigenvalue weighted by atomic mass is 28.4. The number of amides is 2. The Labute approximate surface area is 234 Å². The minimum atomic E-state index is -2.09. The van der Waals surface area contributed by atoms with Crippen molar-refractivity contribution in [2.24, 2.45) is 11.8 Å². The molecule has 39 heavy (non-hydrogen) atoms. The zero-order valence-corrected chi connectivity index (χ0v) is 25.7. The molecular formula is C29H46N2O7Si. The number of likely N-dealkylation sites (tertiary alicyclic amines) is 1. The predicted octanol–water partition coefficient (Wildman–Crippen LogP) is 4.66. The van der Waals surface area contributed by atoms with E-state index in [4.69, 9.17) is 18.6 Å². The molecule has 2 fully saturated rings. The van der Waals surface area contributed by atoms with Gasteiger partial charge in [0.1, 0.15) is 18.9 Å². The van der Waals surface area contributed by atoms with Gasteiger partial charge in [-0.05, 0) is 55.8 Å². The Morgan fingerprint density at radius 1 is 1.15 bits per heavy atom. The van der Waals surface area contributed by atoms with Gasteiger partial charge in [0.15, 0.2) is 8.32 Å². The third-order valence-electron chi connectivity index (χ3n) is 8.57. The number of β-lactam (4-membered cyclic amide) rings is 1. The lowest BCUT2D eigenvalue weighted by Crippen LogP contribution is -2.63. The lowest BCUT2D eigenvalue weighted by Gasteiger charge is -2.49. The van der Waals surface area contributed by atoms with Gasteiger partial charge in [-0.2, -0.15) is 0 Å². The fraction of sp³-hybridized carbons (Fsp3) is 0.690. The van der Waals surface area contributed by atoms with Crippen molar-refractivity contribution in [3.63, 3.8) is 0 Å². The summed E-state index contributed by atoms with van der Waals surface area (Å²) >= 11 is 0. The second-order valence-corrected chi connectivity index (χ2v) is 17.1. The normalized spacial score (nSPS) is 25.8. The summed E-state index contributed by atoms with van der Waals surface area (Å²) in [7, 11) is -0.479. The maximum atomic E-state index is 13.5. The molecule has 3 heterocycles. The van der Waals surface area contributed by atoms with E-state index in [1.54, 1.807) is 16.9 Å². The average molecular weight is 563 g/mol. The monoisotopic (exact) mass is 562 g/mol. The molecule has 1 unspecified atom stereocenters. The highest BCUT2D eigenvalue weighted by molar-refractivity contribution is 6.74. The number of fused-ring (bicyclic) bond motifs is 1. The van der Waals surface area contributed by atoms with Crippen LogP contribution in [0, 0.1) is 11.8 Å². The van der Waals surface area contributed by atoms with Crippen molar-refractivity contribution in [3.05, 3.63) is 36.6 Å². The van der Waals surface area contributed by atoms with Crippen LogP contribution in [0.3, 0.4) is 0 Å². The molecule has 3 rings (SSSR count). The molecule has 218 valence electrons. The minimum absolute atomic E-state index is 0.0202. The summed E-state index contributed by atoms with van der Waals surface area (Å²) in [6.45, 7) is 21.2. The molecule has 3 aliphatic rings. The Morgan fingerprint density at radius 3 is 2.38 bits per heavy atom. The SMILES string of the molecule is C=CCOC(=O)C1=C(CC2C[C@@H](COC)N(C(=O)OCC=C)C2)C[C@@H]2[C@@H]([C@@H](C)O[Si](C)(C)C(C)(C)C)C(=O)N12. The summed E-state index contributed by atoms with van der Waals surface area (Å²) in [5.41, 5.74) is 1.24. The van der Waals surface area contributed by atoms with Crippen LogP contribution in [-0.4, -0.2) is 87.7 Å². The van der Waals surface area contributed by atoms with Crippen LogP contribution < -0.4 is 0 Å². The van der Waals surface area contributed by atoms with Crippen LogP contribution in [0.5, 0.6) is 0 Å². The highest BCUT2D eigenvalue weighted by Crippen LogP contribution is 2.48. The molecule has 0 saturated carbocycles. The smallest absolute Gasteiger partial charge is 0.410 e. The molecular weight excluding hydrogens is 516 g/mol. The van der Waals surface area contributed by atoms with E-state index in [1.807, 2.05) is 6.92 Å². The highest BCUT2D eigenvalue weighted by Gasteiger charge is 2.58. The maximum Gasteiger partial charge on any atom is 0.410 e. The van der Waals surface area contributed by atoms with Crippen molar-refractivity contribution in [3.8, 4) is 0 Å². The van der Waals surface area contributed by atoms with Crippen LogP contribution in [-0.2, 0) is 28.2 Å². The Balaban J connectivity index is 1.80. The Hall–Kier alpha value is -2.43. The van der Waals surface area contributed by atoms with Gasteiger partial charge >= 0.3 is 12.1 Å². The van der Waals surface area contributed by atoms with Gasteiger partial charge < -0.3 is 28.4 Å². The zero-order valence-electron chi connectivity index (χ0n) is 24.7. The first-order valence-corrected chi connectivity index (χ1v) is 16.7. The topological polar surface area (TPSA) is 94.6 Å². The van der Waals surface area contributed by atoms with Gasteiger partial charge in [0.25, 0.3) is 0 Å². The number of rotatable bonds is 12. The van der Waals surface area contributed by atoms with Crippen molar-refractivity contribution < 1.29 is 33.0 Å². The van der Waals surface area contributed by atoms with E-state index >= 15 is 0 Å². The van der Waals surface area contributed by atoms with Gasteiger partial charge in [0.2, 0.25) is 5.91 Å². The van der Waals surface area contributed by atoms with Gasteiger partial charge in [0, 0.05) is 13.7 Å². The molecule has 0 aromatic rings. The molecule has 0 bridgehead atoms. The van der Waals surface area contributed by atoms with E-state index in [0.29, 0.717) is 38.1 Å². The van der Waals surface area contributed by atoms with Crippen molar-refractivity contribution in [2.75, 3.05) is 33.5 Å². The van der Waals surface area contributed by atoms with Crippen molar-refractivity contribution >= 4 is 26.3 Å². The van der Waals surface area contributed by atoms with E-state index in [2.05, 4.69) is 47.0 Å². The van der Waals surface area contributed by atoms with Crippen LogP contribution in [0.2, 0.25) is 18.1 Å². The Morgan fingerprint density at radius 2 is 1.79 bits per heavy atom. The number of carbonyl (C=O) groups excluding carboxylic acids is 3. The molecule has 0 aromatic carbocycles. The zero-order chi connectivity index (χ0) is 29.1. The largest absolute Gasteiger partial charge is 0.457 e. The molecule has 0 N–H and O–H groups in total. The predicted molar refractivity (Wildman–Crippen MR) is 151 cm³/mol. The first-order valence-electron chi connectivity index (χ1n) is 13.8. The average Bonchev–Trinajstić information content (AvgIpc) is 3.39. The fourth-order valence-electron chi connectivity index (χ4n) is 5.73. The Bertz CT molecular complexity index is 1000. The minimum Gasteiger partial charge on any atom is -0.457 e. The van der Waals surface area contributed by atoms with Gasteiger partial charge in [-0.3, -0.25) is 4.79 Å².